The van der Waals surface area contributed by atoms with Crippen molar-refractivity contribution in [2.75, 3.05) is 18.6 Å². The quantitative estimate of drug-likeness (QED) is 0.433. The average molecular weight is 496 g/mol. The summed E-state index contributed by atoms with van der Waals surface area (Å²) in [6, 6.07) is 11.0. The zero-order valence-electron chi connectivity index (χ0n) is 18.3. The fourth-order valence-corrected chi connectivity index (χ4v) is 3.75. The van der Waals surface area contributed by atoms with E-state index in [1.807, 2.05) is 12.1 Å². The molecule has 0 saturated carbocycles. The summed E-state index contributed by atoms with van der Waals surface area (Å²) >= 11 is 5.88. The number of rotatable bonds is 12. The number of sulfone groups is 1. The molecule has 8 nitrogen and oxygen atoms in total. The number of carbonyl (C=O) groups is 2. The zero-order valence-corrected chi connectivity index (χ0v) is 19.9. The average Bonchev–Trinajstić information content (AvgIpc) is 2.80. The zero-order chi connectivity index (χ0) is 24.4. The van der Waals surface area contributed by atoms with Crippen molar-refractivity contribution in [2.45, 2.75) is 26.0 Å². The van der Waals surface area contributed by atoms with Crippen molar-refractivity contribution in [1.29, 1.82) is 0 Å². The second kappa shape index (κ2) is 12.3. The summed E-state index contributed by atoms with van der Waals surface area (Å²) in [6.07, 6.45) is 2.45. The van der Waals surface area contributed by atoms with Gasteiger partial charge in [-0.15, -0.1) is 0 Å². The molecule has 33 heavy (non-hydrogen) atoms. The minimum absolute atomic E-state index is 0.0889. The van der Waals surface area contributed by atoms with E-state index in [0.717, 1.165) is 5.56 Å². The van der Waals surface area contributed by atoms with Gasteiger partial charge in [0, 0.05) is 16.9 Å². The summed E-state index contributed by atoms with van der Waals surface area (Å²) in [4.78, 5) is 23.5. The molecular weight excluding hydrogens is 470 g/mol. The van der Waals surface area contributed by atoms with Gasteiger partial charge < -0.3 is 19.9 Å². The molecule has 0 radical (unpaired) electrons. The lowest BCUT2D eigenvalue weighted by Gasteiger charge is -2.13. The van der Waals surface area contributed by atoms with Crippen LogP contribution < -0.4 is 14.8 Å². The van der Waals surface area contributed by atoms with Crippen LogP contribution >= 0.6 is 11.6 Å². The van der Waals surface area contributed by atoms with Crippen LogP contribution in [0.1, 0.15) is 24.5 Å². The highest BCUT2D eigenvalue weighted by Gasteiger charge is 2.21. The Kier molecular flexibility index (Phi) is 9.74. The van der Waals surface area contributed by atoms with Crippen LogP contribution in [0.5, 0.6) is 11.5 Å². The molecule has 2 rings (SSSR count). The molecule has 0 aliphatic rings. The van der Waals surface area contributed by atoms with Gasteiger partial charge in [-0.25, -0.2) is 13.2 Å². The molecule has 0 bridgehead atoms. The molecule has 0 spiro atoms. The Morgan fingerprint density at radius 2 is 1.85 bits per heavy atom. The number of hydrogen-bond donors (Lipinski definition) is 2. The topological polar surface area (TPSA) is 119 Å². The van der Waals surface area contributed by atoms with Crippen molar-refractivity contribution in [3.8, 4) is 11.5 Å². The highest BCUT2D eigenvalue weighted by atomic mass is 35.5. The van der Waals surface area contributed by atoms with Gasteiger partial charge in [0.05, 0.1) is 12.9 Å². The summed E-state index contributed by atoms with van der Waals surface area (Å²) in [7, 11) is -1.85. The monoisotopic (exact) mass is 495 g/mol. The van der Waals surface area contributed by atoms with E-state index in [2.05, 4.69) is 5.32 Å². The molecule has 1 amide bonds. The molecule has 0 aliphatic heterocycles. The van der Waals surface area contributed by atoms with Crippen LogP contribution in [0.4, 0.5) is 0 Å². The first-order chi connectivity index (χ1) is 15.6. The maximum atomic E-state index is 12.2. The first-order valence-corrected chi connectivity index (χ1v) is 12.3. The van der Waals surface area contributed by atoms with Crippen molar-refractivity contribution < 1.29 is 32.6 Å². The molecule has 0 heterocycles. The molecule has 1 unspecified atom stereocenters. The van der Waals surface area contributed by atoms with Crippen LogP contribution in [0.15, 0.2) is 48.5 Å². The number of ether oxygens (including phenoxy) is 2. The molecular formula is C23H26ClNO7S. The number of carboxylic acid groups (broad SMARTS) is 1. The van der Waals surface area contributed by atoms with E-state index < -0.39 is 27.8 Å². The van der Waals surface area contributed by atoms with Crippen molar-refractivity contribution in [2.24, 2.45) is 0 Å². The third kappa shape index (κ3) is 8.78. The number of carbonyl (C=O) groups excluding carboxylic acids is 1. The Morgan fingerprint density at radius 1 is 1.15 bits per heavy atom. The minimum Gasteiger partial charge on any atom is -0.493 e. The Labute approximate surface area is 198 Å². The van der Waals surface area contributed by atoms with Gasteiger partial charge in [0.2, 0.25) is 5.91 Å². The fourth-order valence-electron chi connectivity index (χ4n) is 2.74. The first kappa shape index (κ1) is 26.2. The van der Waals surface area contributed by atoms with E-state index in [1.165, 1.54) is 26.2 Å². The molecule has 0 aliphatic carbocycles. The number of hydrogen-bond acceptors (Lipinski definition) is 6. The van der Waals surface area contributed by atoms with Gasteiger partial charge in [0.25, 0.3) is 0 Å². The number of benzene rings is 2. The summed E-state index contributed by atoms with van der Waals surface area (Å²) < 4.78 is 34.4. The van der Waals surface area contributed by atoms with Crippen molar-refractivity contribution in [3.63, 3.8) is 0 Å². The Balaban J connectivity index is 2.00. The smallest absolute Gasteiger partial charge is 0.326 e. The van der Waals surface area contributed by atoms with Crippen LogP contribution in [-0.2, 0) is 26.0 Å². The Bertz CT molecular complexity index is 1100. The van der Waals surface area contributed by atoms with Crippen molar-refractivity contribution in [1.82, 2.24) is 5.32 Å². The lowest BCUT2D eigenvalue weighted by Crippen LogP contribution is -2.41. The summed E-state index contributed by atoms with van der Waals surface area (Å²) in [5.41, 5.74) is 1.56. The molecule has 1 atom stereocenters. The molecule has 0 aromatic heterocycles. The highest BCUT2D eigenvalue weighted by molar-refractivity contribution is 7.91. The number of carboxylic acids is 1. The number of amides is 1. The molecule has 2 aromatic rings. The van der Waals surface area contributed by atoms with Gasteiger partial charge in [0.1, 0.15) is 22.5 Å². The predicted molar refractivity (Wildman–Crippen MR) is 126 cm³/mol. The minimum atomic E-state index is -3.34. The normalized spacial score (nSPS) is 12.3. The number of methoxy groups -OCH3 is 1. The van der Waals surface area contributed by atoms with E-state index in [4.69, 9.17) is 21.1 Å². The molecule has 2 N–H and O–H groups in total. The largest absolute Gasteiger partial charge is 0.493 e. The molecule has 2 aromatic carbocycles. The number of halogens is 1. The van der Waals surface area contributed by atoms with E-state index in [0.29, 0.717) is 28.7 Å². The first-order valence-electron chi connectivity index (χ1n) is 10.1. The van der Waals surface area contributed by atoms with Crippen LogP contribution in [0.2, 0.25) is 5.02 Å². The highest BCUT2D eigenvalue weighted by Crippen LogP contribution is 2.29. The molecule has 0 fully saturated rings. The van der Waals surface area contributed by atoms with Gasteiger partial charge in [-0.1, -0.05) is 36.7 Å². The maximum Gasteiger partial charge on any atom is 0.326 e. The Morgan fingerprint density at radius 3 is 2.45 bits per heavy atom. The second-order valence-corrected chi connectivity index (χ2v) is 9.99. The third-order valence-electron chi connectivity index (χ3n) is 4.69. The lowest BCUT2D eigenvalue weighted by atomic mass is 10.1. The predicted octanol–water partition coefficient (Wildman–Crippen LogP) is 3.34. The van der Waals surface area contributed by atoms with Gasteiger partial charge in [0.15, 0.2) is 11.5 Å². The van der Waals surface area contributed by atoms with Crippen LogP contribution in [0, 0.1) is 0 Å². The van der Waals surface area contributed by atoms with Gasteiger partial charge in [-0.05, 0) is 47.9 Å². The SMILES string of the molecule is CCS(=O)(=O)CCC(NC(=O)/C=C/c1ccc(OCc2ccc(Cl)cc2)c(OC)c1)C(=O)O. The number of aliphatic carboxylic acids is 1. The van der Waals surface area contributed by atoms with E-state index in [9.17, 15) is 23.1 Å². The molecule has 0 saturated heterocycles. The maximum absolute atomic E-state index is 12.2. The van der Waals surface area contributed by atoms with E-state index in [1.54, 1.807) is 30.3 Å². The van der Waals surface area contributed by atoms with Crippen molar-refractivity contribution >= 4 is 39.4 Å². The van der Waals surface area contributed by atoms with Gasteiger partial charge >= 0.3 is 5.97 Å². The third-order valence-corrected chi connectivity index (χ3v) is 6.68. The van der Waals surface area contributed by atoms with Gasteiger partial charge in [-0.3, -0.25) is 4.79 Å². The molecule has 10 heteroatoms. The van der Waals surface area contributed by atoms with Crippen molar-refractivity contribution in [3.05, 3.63) is 64.7 Å². The standard InChI is InChI=1S/C23H26ClNO7S/c1-3-33(29,30)13-12-19(23(27)28)25-22(26)11-7-16-6-10-20(21(14-16)31-2)32-15-17-4-8-18(24)9-5-17/h4-11,14,19H,3,12-13,15H2,1-2H3,(H,25,26)(H,27,28)/b11-7+. The molecule has 178 valence electrons. The number of nitrogens with one attached hydrogen (secondary N) is 1. The lowest BCUT2D eigenvalue weighted by molar-refractivity contribution is -0.141. The van der Waals surface area contributed by atoms with Crippen LogP contribution in [-0.4, -0.2) is 50.1 Å². The summed E-state index contributed by atoms with van der Waals surface area (Å²) in [5, 5.41) is 12.2. The summed E-state index contributed by atoms with van der Waals surface area (Å²) in [6.45, 7) is 1.80. The van der Waals surface area contributed by atoms with Crippen LogP contribution in [0.3, 0.4) is 0 Å². The van der Waals surface area contributed by atoms with Gasteiger partial charge in [-0.2, -0.15) is 0 Å². The second-order valence-electron chi connectivity index (χ2n) is 7.08. The Hall–Kier alpha value is -3.04. The summed E-state index contributed by atoms with van der Waals surface area (Å²) in [5.74, 6) is -1.39. The van der Waals surface area contributed by atoms with E-state index in [-0.39, 0.29) is 17.9 Å². The van der Waals surface area contributed by atoms with E-state index >= 15 is 0 Å². The van der Waals surface area contributed by atoms with Crippen LogP contribution in [0.25, 0.3) is 6.08 Å². The fraction of sp³-hybridized carbons (Fsp3) is 0.304.